The summed E-state index contributed by atoms with van der Waals surface area (Å²) in [6.45, 7) is 3.36. The fraction of sp³-hybridized carbons (Fsp3) is 0.588. The molecule has 3 unspecified atom stereocenters. The Morgan fingerprint density at radius 1 is 1.11 bits per heavy atom. The lowest BCUT2D eigenvalue weighted by atomic mass is 9.75. The molecule has 13 heteroatoms. The number of cyclic esters (lactones) is 1. The van der Waals surface area contributed by atoms with Gasteiger partial charge in [0.25, 0.3) is 0 Å². The molecule has 260 valence electrons. The van der Waals surface area contributed by atoms with Gasteiger partial charge in [0.05, 0.1) is 41.9 Å². The molecule has 4 heterocycles. The highest BCUT2D eigenvalue weighted by Gasteiger charge is 2.54. The predicted octanol–water partition coefficient (Wildman–Crippen LogP) is 1.53. The predicted molar refractivity (Wildman–Crippen MR) is 168 cm³/mol. The van der Waals surface area contributed by atoms with Crippen LogP contribution in [0, 0.1) is 5.92 Å². The molecule has 3 saturated heterocycles. The number of allylic oxidation sites excluding steroid dienone is 6. The molecule has 4 rings (SSSR count). The number of fused-ring (bicyclic) bond motifs is 3. The summed E-state index contributed by atoms with van der Waals surface area (Å²) in [5.41, 5.74) is -1.46. The van der Waals surface area contributed by atoms with E-state index in [1.54, 1.807) is 50.3 Å². The van der Waals surface area contributed by atoms with Crippen molar-refractivity contribution in [3.05, 3.63) is 72.8 Å². The van der Waals surface area contributed by atoms with Gasteiger partial charge in [-0.15, -0.1) is 0 Å². The smallest absolute Gasteiger partial charge is 0.330 e. The molecule has 6 N–H and O–H groups in total. The summed E-state index contributed by atoms with van der Waals surface area (Å²) < 4.78 is 27.9. The Labute approximate surface area is 274 Å². The van der Waals surface area contributed by atoms with Gasteiger partial charge in [0.1, 0.15) is 36.6 Å². The van der Waals surface area contributed by atoms with Gasteiger partial charge in [0, 0.05) is 45.3 Å². The zero-order valence-electron chi connectivity index (χ0n) is 26.8. The van der Waals surface area contributed by atoms with Crippen LogP contribution in [0.2, 0.25) is 0 Å². The lowest BCUT2D eigenvalue weighted by Crippen LogP contribution is -2.60. The van der Waals surface area contributed by atoms with Crippen LogP contribution in [0.3, 0.4) is 0 Å². The first-order valence-corrected chi connectivity index (χ1v) is 15.8. The molecule has 0 aromatic rings. The highest BCUT2D eigenvalue weighted by Crippen LogP contribution is 2.44. The third kappa shape index (κ3) is 10.7. The van der Waals surface area contributed by atoms with E-state index in [0.717, 1.165) is 6.26 Å². The molecule has 4 aliphatic rings. The van der Waals surface area contributed by atoms with Crippen molar-refractivity contribution in [2.24, 2.45) is 5.92 Å². The van der Waals surface area contributed by atoms with E-state index in [1.165, 1.54) is 13.2 Å². The van der Waals surface area contributed by atoms with E-state index >= 15 is 0 Å². The highest BCUT2D eigenvalue weighted by molar-refractivity contribution is 5.82. The molecule has 0 aromatic heterocycles. The van der Waals surface area contributed by atoms with Gasteiger partial charge in [-0.2, -0.15) is 0 Å². The number of nitrogens with one attached hydrogen (secondary N) is 1. The van der Waals surface area contributed by atoms with Crippen LogP contribution in [0.5, 0.6) is 0 Å². The second kappa shape index (κ2) is 16.3. The Balaban J connectivity index is 1.56. The van der Waals surface area contributed by atoms with Crippen molar-refractivity contribution < 1.29 is 58.8 Å². The van der Waals surface area contributed by atoms with Crippen molar-refractivity contribution in [2.45, 2.75) is 112 Å². The van der Waals surface area contributed by atoms with Gasteiger partial charge in [0.15, 0.2) is 12.1 Å². The number of ether oxygens (including phenoxy) is 5. The maximum Gasteiger partial charge on any atom is 0.330 e. The van der Waals surface area contributed by atoms with E-state index < -0.39 is 66.1 Å². The minimum absolute atomic E-state index is 0.0340. The monoisotopic (exact) mass is 661 g/mol. The topological polar surface area (TPSA) is 207 Å². The standard InChI is InChI=1S/C34H47NO12/c1-21-11-9-7-5-4-6-8-10-12-23(44-20-26(39)30-31(35-30)32(41)43-3)17-33(2)24(19-36)25(38)18-34(42,47-33)16-22(37)15-28-27(46-28)13-14-29(40)45-21/h4-10,12-14,19-25,27-28,30-32,35,37-39,41-42H,11,15-18H2,1-3H3/b5-4+,8-6+,9-7+,12-10+,14-13+,26-20-/t21-,22+,23+,24-,25+,27-,28-,30?,31?,32?,33+,34-/m1/s1. The minimum atomic E-state index is -1.99. The van der Waals surface area contributed by atoms with Crippen molar-refractivity contribution in [3.8, 4) is 0 Å². The molecular weight excluding hydrogens is 614 g/mol. The van der Waals surface area contributed by atoms with Crippen LogP contribution in [0.4, 0.5) is 0 Å². The fourth-order valence-corrected chi connectivity index (χ4v) is 6.04. The molecule has 12 atom stereocenters. The van der Waals surface area contributed by atoms with Crippen molar-refractivity contribution >= 4 is 12.3 Å². The number of aliphatic hydroxyl groups excluding tert-OH is 4. The molecule has 3 fully saturated rings. The summed E-state index contributed by atoms with van der Waals surface area (Å²) in [5.74, 6) is -3.73. The molecule has 4 aliphatic heterocycles. The van der Waals surface area contributed by atoms with Crippen LogP contribution in [-0.4, -0.2) is 111 Å². The summed E-state index contributed by atoms with van der Waals surface area (Å²) in [5, 5.41) is 56.6. The third-order valence-corrected chi connectivity index (χ3v) is 8.58. The largest absolute Gasteiger partial charge is 0.507 e. The van der Waals surface area contributed by atoms with E-state index in [2.05, 4.69) is 5.32 Å². The average Bonchev–Trinajstić information content (AvgIpc) is 3.92. The first kappa shape index (κ1) is 36.7. The first-order chi connectivity index (χ1) is 22.4. The van der Waals surface area contributed by atoms with E-state index in [-0.39, 0.29) is 43.7 Å². The average molecular weight is 662 g/mol. The quantitative estimate of drug-likeness (QED) is 0.0786. The van der Waals surface area contributed by atoms with Crippen LogP contribution in [0.15, 0.2) is 72.8 Å². The van der Waals surface area contributed by atoms with Gasteiger partial charge in [-0.1, -0.05) is 42.5 Å². The summed E-state index contributed by atoms with van der Waals surface area (Å²) in [7, 11) is 1.34. The van der Waals surface area contributed by atoms with Crippen molar-refractivity contribution in [1.82, 2.24) is 5.32 Å². The molecule has 0 radical (unpaired) electrons. The van der Waals surface area contributed by atoms with Crippen LogP contribution in [0.1, 0.15) is 46.0 Å². The molecule has 0 aliphatic carbocycles. The van der Waals surface area contributed by atoms with Crippen molar-refractivity contribution in [2.75, 3.05) is 7.11 Å². The van der Waals surface area contributed by atoms with E-state index in [0.29, 0.717) is 12.7 Å². The summed E-state index contributed by atoms with van der Waals surface area (Å²) >= 11 is 0. The zero-order valence-corrected chi connectivity index (χ0v) is 26.8. The molecule has 13 nitrogen and oxygen atoms in total. The van der Waals surface area contributed by atoms with Gasteiger partial charge in [-0.05, 0) is 26.0 Å². The number of epoxide rings is 1. The molecule has 0 amide bonds. The molecule has 0 saturated carbocycles. The number of carbonyl (C=O) groups is 2. The Morgan fingerprint density at radius 3 is 2.55 bits per heavy atom. The number of methoxy groups -OCH3 is 1. The lowest BCUT2D eigenvalue weighted by Gasteiger charge is -2.50. The normalized spacial score (nSPS) is 44.3. The van der Waals surface area contributed by atoms with Crippen LogP contribution in [-0.2, 0) is 33.3 Å². The molecule has 2 bridgehead atoms. The SMILES string of the molecule is COC(O)C1NC1/C(O)=C/O[C@H]1/C=C/C=C/C=C/C=C/C[C@@H](C)OC(=O)/C=C/[C@H]2O[C@@H]2C[C@H](O)C[C@]2(O)C[C@H](O)[C@@H](C=O)[C@](C)(C1)O2. The van der Waals surface area contributed by atoms with Gasteiger partial charge in [-0.3, -0.25) is 5.32 Å². The second-order valence-corrected chi connectivity index (χ2v) is 12.7. The fourth-order valence-electron chi connectivity index (χ4n) is 6.04. The molecule has 47 heavy (non-hydrogen) atoms. The van der Waals surface area contributed by atoms with Gasteiger partial charge < -0.3 is 54.0 Å². The number of hydrogen-bond acceptors (Lipinski definition) is 13. The number of aldehydes is 1. The summed E-state index contributed by atoms with van der Waals surface area (Å²) in [4.78, 5) is 24.4. The Morgan fingerprint density at radius 2 is 1.83 bits per heavy atom. The zero-order chi connectivity index (χ0) is 34.2. The van der Waals surface area contributed by atoms with Crippen LogP contribution < -0.4 is 5.32 Å². The van der Waals surface area contributed by atoms with E-state index in [1.807, 2.05) is 18.2 Å². The Kier molecular flexibility index (Phi) is 12.7. The van der Waals surface area contributed by atoms with Gasteiger partial charge in [0.2, 0.25) is 0 Å². The van der Waals surface area contributed by atoms with E-state index in [4.69, 9.17) is 23.7 Å². The summed E-state index contributed by atoms with van der Waals surface area (Å²) in [6.07, 6.45) is 13.3. The number of aliphatic hydroxyl groups is 5. The van der Waals surface area contributed by atoms with Gasteiger partial charge >= 0.3 is 5.97 Å². The van der Waals surface area contributed by atoms with E-state index in [9.17, 15) is 35.1 Å². The Hall–Kier alpha value is -3.14. The maximum absolute atomic E-state index is 12.2. The summed E-state index contributed by atoms with van der Waals surface area (Å²) in [6, 6.07) is -1.10. The number of carbonyl (C=O) groups excluding carboxylic acids is 2. The molecular formula is C34H47NO12. The van der Waals surface area contributed by atoms with Crippen LogP contribution in [0.25, 0.3) is 0 Å². The van der Waals surface area contributed by atoms with Gasteiger partial charge in [-0.25, -0.2) is 4.79 Å². The minimum Gasteiger partial charge on any atom is -0.507 e. The third-order valence-electron chi connectivity index (χ3n) is 8.58. The lowest BCUT2D eigenvalue weighted by molar-refractivity contribution is -0.328. The van der Waals surface area contributed by atoms with Crippen molar-refractivity contribution in [1.29, 1.82) is 0 Å². The van der Waals surface area contributed by atoms with Crippen molar-refractivity contribution in [3.63, 3.8) is 0 Å². The number of rotatable bonds is 6. The maximum atomic E-state index is 12.2. The molecule has 0 aromatic carbocycles. The Bertz CT molecular complexity index is 1260. The first-order valence-electron chi connectivity index (χ1n) is 15.8. The highest BCUT2D eigenvalue weighted by atomic mass is 16.6. The van der Waals surface area contributed by atoms with Crippen LogP contribution >= 0.6 is 0 Å². The number of esters is 1. The molecule has 0 spiro atoms. The second-order valence-electron chi connectivity index (χ2n) is 12.7. The number of hydrogen-bond donors (Lipinski definition) is 6.